The van der Waals surface area contributed by atoms with Crippen molar-refractivity contribution in [1.29, 1.82) is 0 Å². The van der Waals surface area contributed by atoms with Crippen molar-refractivity contribution in [3.63, 3.8) is 0 Å². The lowest BCUT2D eigenvalue weighted by Crippen LogP contribution is -2.35. The lowest BCUT2D eigenvalue weighted by Gasteiger charge is -2.33. The Labute approximate surface area is 104 Å². The number of carbonyl (C=O) groups excluding carboxylic acids is 1. The molecule has 1 unspecified atom stereocenters. The van der Waals surface area contributed by atoms with Gasteiger partial charge in [0.1, 0.15) is 13.2 Å². The highest BCUT2D eigenvalue weighted by Crippen LogP contribution is 2.01. The predicted octanol–water partition coefficient (Wildman–Crippen LogP) is 1.21. The van der Waals surface area contributed by atoms with Crippen molar-refractivity contribution in [2.24, 2.45) is 5.92 Å². The van der Waals surface area contributed by atoms with Gasteiger partial charge in [-0.05, 0) is 6.42 Å². The van der Waals surface area contributed by atoms with E-state index < -0.39 is 0 Å². The third kappa shape index (κ3) is 10.4. The summed E-state index contributed by atoms with van der Waals surface area (Å²) in [5.74, 6) is 0.194. The maximum Gasteiger partial charge on any atom is 0.161 e. The molecule has 0 saturated carbocycles. The van der Waals surface area contributed by atoms with Gasteiger partial charge in [0.05, 0.1) is 33.9 Å². The summed E-state index contributed by atoms with van der Waals surface area (Å²) in [6.07, 6.45) is 0.842. The molecule has 0 aromatic carbocycles. The number of carbonyl (C=O) groups is 1. The highest BCUT2D eigenvalue weighted by Gasteiger charge is 2.09. The van der Waals surface area contributed by atoms with E-state index in [4.69, 9.17) is 9.47 Å². The molecule has 5 heteroatoms. The molecule has 0 aliphatic carbocycles. The Morgan fingerprint density at radius 3 is 2.35 bits per heavy atom. The highest BCUT2D eigenvalue weighted by molar-refractivity contribution is 5.81. The van der Waals surface area contributed by atoms with E-state index in [1.165, 1.54) is 0 Å². The summed E-state index contributed by atoms with van der Waals surface area (Å²) in [5, 5.41) is 11.2. The monoisotopic (exact) mass is 247 g/mol. The van der Waals surface area contributed by atoms with Crippen molar-refractivity contribution >= 4 is 5.78 Å². The molecule has 0 N–H and O–H groups in total. The molecule has 0 aliphatic rings. The summed E-state index contributed by atoms with van der Waals surface area (Å²) in [7, 11) is 3.15. The predicted molar refractivity (Wildman–Crippen MR) is 66.4 cm³/mol. The van der Waals surface area contributed by atoms with Gasteiger partial charge in [-0.15, -0.1) is 0 Å². The highest BCUT2D eigenvalue weighted by atomic mass is 16.6. The molecule has 1 atom stereocenters. The molecule has 0 amide bonds. The first-order valence-electron chi connectivity index (χ1n) is 6.09. The molecule has 0 spiro atoms. The summed E-state index contributed by atoms with van der Waals surface area (Å²) < 4.78 is 10.1. The largest absolute Gasteiger partial charge is 0.633 e. The van der Waals surface area contributed by atoms with Crippen molar-refractivity contribution in [1.82, 2.24) is 0 Å². The van der Waals surface area contributed by atoms with Crippen molar-refractivity contribution in [2.75, 3.05) is 47.1 Å². The van der Waals surface area contributed by atoms with Crippen molar-refractivity contribution in [2.45, 2.75) is 20.3 Å². The smallest absolute Gasteiger partial charge is 0.161 e. The van der Waals surface area contributed by atoms with Crippen molar-refractivity contribution in [3.8, 4) is 0 Å². The van der Waals surface area contributed by atoms with Gasteiger partial charge in [0, 0.05) is 5.92 Å². The number of nitrogens with zero attached hydrogens (tertiary/aromatic N) is 1. The number of quaternary nitrogens is 1. The van der Waals surface area contributed by atoms with Crippen molar-refractivity contribution in [3.05, 3.63) is 5.21 Å². The second-order valence-electron chi connectivity index (χ2n) is 4.74. The van der Waals surface area contributed by atoms with Crippen LogP contribution in [0, 0.1) is 11.1 Å². The van der Waals surface area contributed by atoms with Gasteiger partial charge >= 0.3 is 0 Å². The molecule has 0 bridgehead atoms. The molecule has 0 rings (SSSR count). The summed E-state index contributed by atoms with van der Waals surface area (Å²) in [4.78, 5) is 11.4. The van der Waals surface area contributed by atoms with Gasteiger partial charge < -0.3 is 19.3 Å². The molecule has 0 heterocycles. The average molecular weight is 247 g/mol. The van der Waals surface area contributed by atoms with Gasteiger partial charge in [0.25, 0.3) is 0 Å². The summed E-state index contributed by atoms with van der Waals surface area (Å²) in [6.45, 7) is 5.69. The molecule has 0 saturated heterocycles. The van der Waals surface area contributed by atoms with E-state index in [-0.39, 0.29) is 23.0 Å². The topological polar surface area (TPSA) is 58.6 Å². The first-order valence-corrected chi connectivity index (χ1v) is 6.09. The van der Waals surface area contributed by atoms with Crippen LogP contribution in [0.25, 0.3) is 0 Å². The Morgan fingerprint density at radius 2 is 1.82 bits per heavy atom. The molecule has 0 aromatic rings. The summed E-state index contributed by atoms with van der Waals surface area (Å²) >= 11 is 0. The maximum atomic E-state index is 11.4. The Kier molecular flexibility index (Phi) is 8.33. The lowest BCUT2D eigenvalue weighted by atomic mass is 10.1. The van der Waals surface area contributed by atoms with E-state index in [0.717, 1.165) is 6.42 Å². The van der Waals surface area contributed by atoms with Gasteiger partial charge in [-0.3, -0.25) is 4.79 Å². The van der Waals surface area contributed by atoms with Crippen LogP contribution in [0.15, 0.2) is 0 Å². The van der Waals surface area contributed by atoms with Crippen LogP contribution in [-0.4, -0.2) is 57.5 Å². The summed E-state index contributed by atoms with van der Waals surface area (Å²) in [6, 6.07) is 0. The zero-order valence-corrected chi connectivity index (χ0v) is 11.4. The van der Waals surface area contributed by atoms with E-state index in [2.05, 4.69) is 0 Å². The zero-order chi connectivity index (χ0) is 13.3. The van der Waals surface area contributed by atoms with E-state index in [1.807, 2.05) is 13.8 Å². The molecule has 102 valence electrons. The fourth-order valence-electron chi connectivity index (χ4n) is 1.05. The lowest BCUT2D eigenvalue weighted by molar-refractivity contribution is -0.840. The molecule has 0 fully saturated rings. The number of likely N-dealkylation sites (N-methyl/N-ethyl adjacent to an activating group) is 1. The number of hydrogen-bond donors (Lipinski definition) is 0. The second kappa shape index (κ2) is 8.58. The van der Waals surface area contributed by atoms with E-state index in [0.29, 0.717) is 26.4 Å². The van der Waals surface area contributed by atoms with Crippen LogP contribution in [0.3, 0.4) is 0 Å². The van der Waals surface area contributed by atoms with Crippen LogP contribution in [0.5, 0.6) is 0 Å². The molecule has 5 nitrogen and oxygen atoms in total. The first-order chi connectivity index (χ1) is 7.87. The maximum absolute atomic E-state index is 11.4. The van der Waals surface area contributed by atoms with Gasteiger partial charge in [0.15, 0.2) is 5.78 Å². The minimum Gasteiger partial charge on any atom is -0.633 e. The fourth-order valence-corrected chi connectivity index (χ4v) is 1.05. The van der Waals surface area contributed by atoms with Crippen LogP contribution >= 0.6 is 0 Å². The second-order valence-corrected chi connectivity index (χ2v) is 4.74. The molecule has 0 aromatic heterocycles. The van der Waals surface area contributed by atoms with Crippen LogP contribution < -0.4 is 0 Å². The standard InChI is InChI=1S/C12H25NO4/c1-5-11(2)12(14)10-17-9-8-16-7-6-13(3,4)15/h11H,5-10H2,1-4H3. The van der Waals surface area contributed by atoms with Crippen LogP contribution in [0.1, 0.15) is 20.3 Å². The number of rotatable bonds is 10. The van der Waals surface area contributed by atoms with Crippen molar-refractivity contribution < 1.29 is 18.9 Å². The number of hydroxylamine groups is 3. The Bertz CT molecular complexity index is 213. The fraction of sp³-hybridized carbons (Fsp3) is 0.917. The third-order valence-corrected chi connectivity index (χ3v) is 2.55. The number of hydrogen-bond acceptors (Lipinski definition) is 4. The number of ketones is 1. The molecule has 0 radical (unpaired) electrons. The van der Waals surface area contributed by atoms with Gasteiger partial charge in [-0.2, -0.15) is 0 Å². The molecular formula is C12H25NO4. The Hall–Kier alpha value is -0.490. The van der Waals surface area contributed by atoms with Crippen LogP contribution in [-0.2, 0) is 14.3 Å². The summed E-state index contributed by atoms with van der Waals surface area (Å²) in [5.41, 5.74) is 0. The van der Waals surface area contributed by atoms with Gasteiger partial charge in [-0.25, -0.2) is 0 Å². The first kappa shape index (κ1) is 16.5. The van der Waals surface area contributed by atoms with Crippen LogP contribution in [0.4, 0.5) is 0 Å². The minimum atomic E-state index is -0.354. The van der Waals surface area contributed by atoms with Crippen LogP contribution in [0.2, 0.25) is 0 Å². The van der Waals surface area contributed by atoms with E-state index >= 15 is 0 Å². The third-order valence-electron chi connectivity index (χ3n) is 2.55. The minimum absolute atomic E-state index is 0.0643. The number of ether oxygens (including phenoxy) is 2. The Balaban J connectivity index is 3.33. The Morgan fingerprint density at radius 1 is 1.24 bits per heavy atom. The SMILES string of the molecule is CCC(C)C(=O)COCCOCC[N+](C)(C)[O-]. The van der Waals surface area contributed by atoms with Gasteiger partial charge in [-0.1, -0.05) is 13.8 Å². The molecule has 17 heavy (non-hydrogen) atoms. The normalized spacial score (nSPS) is 13.7. The molecular weight excluding hydrogens is 222 g/mol. The zero-order valence-electron chi connectivity index (χ0n) is 11.4. The van der Waals surface area contributed by atoms with E-state index in [9.17, 15) is 10.0 Å². The van der Waals surface area contributed by atoms with E-state index in [1.54, 1.807) is 14.1 Å². The molecule has 0 aliphatic heterocycles. The number of Topliss-reactive ketones (excluding diaryl/α,β-unsaturated/α-hetero) is 1. The quantitative estimate of drug-likeness (QED) is 0.331. The average Bonchev–Trinajstić information content (AvgIpc) is 2.24. The van der Waals surface area contributed by atoms with Gasteiger partial charge in [0.2, 0.25) is 0 Å².